The van der Waals surface area contributed by atoms with Crippen molar-refractivity contribution >= 4 is 38.3 Å². The number of rotatable bonds is 6. The van der Waals surface area contributed by atoms with Crippen molar-refractivity contribution in [3.63, 3.8) is 0 Å². The molecule has 3 aromatic heterocycles. The molecule has 7 heteroatoms. The first-order valence-corrected chi connectivity index (χ1v) is 10.6. The molecule has 2 aromatic carbocycles. The monoisotopic (exact) mass is 415 g/mol. The van der Waals surface area contributed by atoms with E-state index in [0.29, 0.717) is 24.8 Å². The molecule has 0 amide bonds. The highest BCUT2D eigenvalue weighted by molar-refractivity contribution is 7.17. The summed E-state index contributed by atoms with van der Waals surface area (Å²) in [5, 5.41) is 6.47. The third-order valence-electron chi connectivity index (χ3n) is 5.11. The molecule has 150 valence electrons. The summed E-state index contributed by atoms with van der Waals surface area (Å²) in [6.07, 6.45) is 0. The Hall–Kier alpha value is -3.42. The lowest BCUT2D eigenvalue weighted by atomic mass is 10.2. The van der Waals surface area contributed by atoms with Crippen molar-refractivity contribution in [1.29, 1.82) is 0 Å². The fourth-order valence-corrected chi connectivity index (χ4v) is 4.49. The van der Waals surface area contributed by atoms with Gasteiger partial charge >= 0.3 is 0 Å². The van der Waals surface area contributed by atoms with Crippen LogP contribution in [0.3, 0.4) is 0 Å². The van der Waals surface area contributed by atoms with Crippen molar-refractivity contribution in [2.45, 2.75) is 13.1 Å². The molecule has 0 unspecified atom stereocenters. The van der Waals surface area contributed by atoms with Crippen LogP contribution < -0.4 is 15.8 Å². The molecule has 0 saturated heterocycles. The molecule has 0 aliphatic heterocycles. The van der Waals surface area contributed by atoms with E-state index >= 15 is 0 Å². The summed E-state index contributed by atoms with van der Waals surface area (Å²) >= 11 is 1.68. The van der Waals surface area contributed by atoms with Gasteiger partial charge in [-0.2, -0.15) is 4.98 Å². The standard InChI is InChI=1S/C23H21N5OS/c1-29-19-9-5-8-17-21(19)26-23(27-22(17)25-14-15-6-3-2-4-7-15)28-16(13-24)12-20-18(28)10-11-30-20/h2-12H,13-14,24H2,1H3,(H,25,26,27). The average molecular weight is 416 g/mol. The SMILES string of the molecule is COc1cccc2c(NCc3ccccc3)nc(-n3c(CN)cc4sccc43)nc12. The highest BCUT2D eigenvalue weighted by atomic mass is 32.1. The van der Waals surface area contributed by atoms with Crippen LogP contribution in [0.5, 0.6) is 5.75 Å². The van der Waals surface area contributed by atoms with Crippen molar-refractivity contribution in [1.82, 2.24) is 14.5 Å². The predicted octanol–water partition coefficient (Wildman–Crippen LogP) is 4.71. The molecule has 0 spiro atoms. The lowest BCUT2D eigenvalue weighted by molar-refractivity contribution is 0.419. The van der Waals surface area contributed by atoms with Gasteiger partial charge < -0.3 is 15.8 Å². The number of nitrogens with one attached hydrogen (secondary N) is 1. The van der Waals surface area contributed by atoms with Crippen molar-refractivity contribution in [3.8, 4) is 11.7 Å². The molecule has 0 bridgehead atoms. The van der Waals surface area contributed by atoms with Crippen LogP contribution in [0.4, 0.5) is 5.82 Å². The third kappa shape index (κ3) is 3.18. The molecule has 0 aliphatic rings. The first-order valence-electron chi connectivity index (χ1n) is 9.69. The maximum absolute atomic E-state index is 6.04. The molecule has 0 saturated carbocycles. The van der Waals surface area contributed by atoms with Crippen LogP contribution in [-0.4, -0.2) is 21.6 Å². The molecule has 6 nitrogen and oxygen atoms in total. The lowest BCUT2D eigenvalue weighted by Crippen LogP contribution is -2.11. The topological polar surface area (TPSA) is 78.0 Å². The number of ether oxygens (including phenoxy) is 1. The molecule has 0 fully saturated rings. The number of anilines is 1. The van der Waals surface area contributed by atoms with Crippen LogP contribution in [0.25, 0.3) is 27.1 Å². The lowest BCUT2D eigenvalue weighted by Gasteiger charge is -2.14. The van der Waals surface area contributed by atoms with Gasteiger partial charge in [-0.15, -0.1) is 11.3 Å². The van der Waals surface area contributed by atoms with E-state index in [1.807, 2.05) is 41.0 Å². The first kappa shape index (κ1) is 18.6. The van der Waals surface area contributed by atoms with Crippen molar-refractivity contribution < 1.29 is 4.74 Å². The third-order valence-corrected chi connectivity index (χ3v) is 5.96. The molecule has 0 aliphatic carbocycles. The van der Waals surface area contributed by atoms with Crippen molar-refractivity contribution in [3.05, 3.63) is 77.3 Å². The second-order valence-electron chi connectivity index (χ2n) is 6.91. The van der Waals surface area contributed by atoms with E-state index in [0.717, 1.165) is 32.6 Å². The molecular weight excluding hydrogens is 394 g/mol. The van der Waals surface area contributed by atoms with E-state index in [1.54, 1.807) is 18.4 Å². The number of thiophene rings is 1. The van der Waals surface area contributed by atoms with Gasteiger partial charge in [-0.25, -0.2) is 4.98 Å². The van der Waals surface area contributed by atoms with E-state index in [-0.39, 0.29) is 0 Å². The summed E-state index contributed by atoms with van der Waals surface area (Å²) in [6, 6.07) is 20.3. The summed E-state index contributed by atoms with van der Waals surface area (Å²) in [7, 11) is 1.66. The zero-order valence-electron chi connectivity index (χ0n) is 16.5. The Bertz CT molecular complexity index is 1330. The Morgan fingerprint density at radius 1 is 1.07 bits per heavy atom. The highest BCUT2D eigenvalue weighted by Crippen LogP contribution is 2.32. The van der Waals surface area contributed by atoms with Crippen LogP contribution in [-0.2, 0) is 13.1 Å². The van der Waals surface area contributed by atoms with Crippen LogP contribution in [0.1, 0.15) is 11.3 Å². The van der Waals surface area contributed by atoms with Crippen molar-refractivity contribution in [2.24, 2.45) is 5.73 Å². The summed E-state index contributed by atoms with van der Waals surface area (Å²) in [5.74, 6) is 2.05. The fourth-order valence-electron chi connectivity index (χ4n) is 3.66. The molecule has 30 heavy (non-hydrogen) atoms. The average Bonchev–Trinajstić information content (AvgIpc) is 3.38. The Morgan fingerprint density at radius 3 is 2.73 bits per heavy atom. The number of para-hydroxylation sites is 1. The van der Waals surface area contributed by atoms with E-state index in [1.165, 1.54) is 5.56 Å². The van der Waals surface area contributed by atoms with Gasteiger partial charge in [-0.1, -0.05) is 36.4 Å². The summed E-state index contributed by atoms with van der Waals surface area (Å²) in [6.45, 7) is 1.06. The van der Waals surface area contributed by atoms with Gasteiger partial charge in [0.1, 0.15) is 17.1 Å². The van der Waals surface area contributed by atoms with E-state index in [2.05, 4.69) is 35.0 Å². The quantitative estimate of drug-likeness (QED) is 0.420. The van der Waals surface area contributed by atoms with Crippen molar-refractivity contribution in [2.75, 3.05) is 12.4 Å². The summed E-state index contributed by atoms with van der Waals surface area (Å²) in [4.78, 5) is 9.78. The fraction of sp³-hybridized carbons (Fsp3) is 0.130. The zero-order chi connectivity index (χ0) is 20.5. The Labute approximate surface area is 178 Å². The largest absolute Gasteiger partial charge is 0.494 e. The smallest absolute Gasteiger partial charge is 0.237 e. The Morgan fingerprint density at radius 2 is 1.93 bits per heavy atom. The minimum Gasteiger partial charge on any atom is -0.494 e. The van der Waals surface area contributed by atoms with Crippen LogP contribution in [0.2, 0.25) is 0 Å². The van der Waals surface area contributed by atoms with Crippen LogP contribution in [0.15, 0.2) is 66.0 Å². The van der Waals surface area contributed by atoms with Crippen LogP contribution >= 0.6 is 11.3 Å². The second-order valence-corrected chi connectivity index (χ2v) is 7.86. The molecule has 0 atom stereocenters. The molecule has 3 N–H and O–H groups in total. The maximum Gasteiger partial charge on any atom is 0.237 e. The predicted molar refractivity (Wildman–Crippen MR) is 122 cm³/mol. The van der Waals surface area contributed by atoms with E-state index in [4.69, 9.17) is 20.4 Å². The number of hydrogen-bond acceptors (Lipinski definition) is 6. The normalized spacial score (nSPS) is 11.3. The number of hydrogen-bond donors (Lipinski definition) is 2. The minimum absolute atomic E-state index is 0.404. The Kier molecular flexibility index (Phi) is 4.82. The molecule has 3 heterocycles. The van der Waals surface area contributed by atoms with Gasteiger partial charge in [0.25, 0.3) is 0 Å². The summed E-state index contributed by atoms with van der Waals surface area (Å²) < 4.78 is 8.79. The van der Waals surface area contributed by atoms with Gasteiger partial charge in [-0.05, 0) is 35.2 Å². The van der Waals surface area contributed by atoms with Gasteiger partial charge in [0.2, 0.25) is 5.95 Å². The van der Waals surface area contributed by atoms with Gasteiger partial charge in [0, 0.05) is 24.2 Å². The van der Waals surface area contributed by atoms with Gasteiger partial charge in [0.05, 0.1) is 17.3 Å². The number of nitrogens with two attached hydrogens (primary N) is 1. The highest BCUT2D eigenvalue weighted by Gasteiger charge is 2.17. The summed E-state index contributed by atoms with van der Waals surface area (Å²) in [5.41, 5.74) is 10.0. The second kappa shape index (κ2) is 7.78. The maximum atomic E-state index is 6.04. The molecule has 5 rings (SSSR count). The zero-order valence-corrected chi connectivity index (χ0v) is 17.3. The number of aromatic nitrogens is 3. The number of methoxy groups -OCH3 is 1. The van der Waals surface area contributed by atoms with E-state index in [9.17, 15) is 0 Å². The number of nitrogens with zero attached hydrogens (tertiary/aromatic N) is 3. The Balaban J connectivity index is 1.69. The van der Waals surface area contributed by atoms with Gasteiger partial charge in [0.15, 0.2) is 0 Å². The van der Waals surface area contributed by atoms with Crippen LogP contribution in [0, 0.1) is 0 Å². The van der Waals surface area contributed by atoms with Gasteiger partial charge in [-0.3, -0.25) is 4.57 Å². The van der Waals surface area contributed by atoms with E-state index < -0.39 is 0 Å². The molecule has 5 aromatic rings. The first-order chi connectivity index (χ1) is 14.8. The minimum atomic E-state index is 0.404. The molecule has 0 radical (unpaired) electrons. The number of benzene rings is 2. The number of fused-ring (bicyclic) bond motifs is 2. The molecular formula is C23H21N5OS.